The molecule has 3 aromatic rings. The second-order valence-electron chi connectivity index (χ2n) is 8.88. The van der Waals surface area contributed by atoms with Gasteiger partial charge in [-0.05, 0) is 56.0 Å². The van der Waals surface area contributed by atoms with E-state index in [-0.39, 0.29) is 23.5 Å². The average Bonchev–Trinajstić information content (AvgIpc) is 3.28. The quantitative estimate of drug-likeness (QED) is 0.645. The van der Waals surface area contributed by atoms with E-state index in [4.69, 9.17) is 0 Å². The van der Waals surface area contributed by atoms with Crippen LogP contribution in [0.25, 0.3) is 10.9 Å². The van der Waals surface area contributed by atoms with Gasteiger partial charge in [-0.25, -0.2) is 4.98 Å². The molecule has 1 atom stereocenters. The minimum atomic E-state index is -0.563. The Labute approximate surface area is 193 Å². The van der Waals surface area contributed by atoms with Crippen LogP contribution in [0.4, 0.5) is 11.5 Å². The Balaban J connectivity index is 1.18. The molecule has 7 nitrogen and oxygen atoms in total. The van der Waals surface area contributed by atoms with E-state index in [1.165, 1.54) is 5.56 Å². The van der Waals surface area contributed by atoms with Gasteiger partial charge in [0.05, 0.1) is 0 Å². The number of phenols is 1. The lowest BCUT2D eigenvalue weighted by molar-refractivity contribution is -0.130. The Hall–Kier alpha value is -3.61. The van der Waals surface area contributed by atoms with E-state index in [9.17, 15) is 14.7 Å². The summed E-state index contributed by atoms with van der Waals surface area (Å²) in [6, 6.07) is 16.6. The lowest BCUT2D eigenvalue weighted by Gasteiger charge is -2.33. The van der Waals surface area contributed by atoms with Gasteiger partial charge in [-0.3, -0.25) is 9.59 Å². The zero-order valence-corrected chi connectivity index (χ0v) is 18.7. The number of anilines is 2. The van der Waals surface area contributed by atoms with Crippen molar-refractivity contribution in [3.05, 3.63) is 60.2 Å². The molecule has 7 heteroatoms. The van der Waals surface area contributed by atoms with E-state index in [1.54, 1.807) is 24.0 Å². The maximum Gasteiger partial charge on any atom is 0.249 e. The number of para-hydroxylation sites is 2. The highest BCUT2D eigenvalue weighted by atomic mass is 16.3. The lowest BCUT2D eigenvalue weighted by Crippen LogP contribution is -2.49. The molecule has 0 radical (unpaired) electrons. The van der Waals surface area contributed by atoms with Gasteiger partial charge in [-0.1, -0.05) is 30.3 Å². The lowest BCUT2D eigenvalue weighted by atomic mass is 9.95. The van der Waals surface area contributed by atoms with Crippen molar-refractivity contribution in [2.45, 2.75) is 32.2 Å². The van der Waals surface area contributed by atoms with Crippen LogP contribution in [0.3, 0.4) is 0 Å². The molecular weight excluding hydrogens is 416 g/mol. The number of nitrogens with zero attached hydrogens (tertiary/aromatic N) is 3. The molecule has 2 amide bonds. The summed E-state index contributed by atoms with van der Waals surface area (Å²) in [5, 5.41) is 13.9. The molecule has 2 aromatic carbocycles. The van der Waals surface area contributed by atoms with Crippen molar-refractivity contribution < 1.29 is 14.7 Å². The standard InChI is InChI=1S/C26H28N4O3/c1-17(26(33)30-16-13-18-5-2-3-7-21(18)30)27-25(32)20-11-14-29(15-12-20)23-10-9-19-6-4-8-22(31)24(19)28-23/h2-10,17,20,31H,11-16H2,1H3,(H,27,32). The molecule has 0 bridgehead atoms. The summed E-state index contributed by atoms with van der Waals surface area (Å²) in [6.45, 7) is 3.82. The van der Waals surface area contributed by atoms with Crippen LogP contribution in [-0.2, 0) is 16.0 Å². The monoisotopic (exact) mass is 444 g/mol. The molecule has 0 saturated carbocycles. The fraction of sp³-hybridized carbons (Fsp3) is 0.346. The Morgan fingerprint density at radius 1 is 1.03 bits per heavy atom. The number of pyridine rings is 1. The number of rotatable bonds is 4. The molecule has 0 aliphatic carbocycles. The van der Waals surface area contributed by atoms with Crippen LogP contribution in [0.1, 0.15) is 25.3 Å². The summed E-state index contributed by atoms with van der Waals surface area (Å²) < 4.78 is 0. The Kier molecular flexibility index (Phi) is 5.62. The molecular formula is C26H28N4O3. The number of fused-ring (bicyclic) bond motifs is 2. The topological polar surface area (TPSA) is 85.8 Å². The average molecular weight is 445 g/mol. The minimum Gasteiger partial charge on any atom is -0.506 e. The van der Waals surface area contributed by atoms with Crippen LogP contribution >= 0.6 is 0 Å². The first kappa shape index (κ1) is 21.2. The highest BCUT2D eigenvalue weighted by Crippen LogP contribution is 2.29. The van der Waals surface area contributed by atoms with E-state index < -0.39 is 6.04 Å². The molecule has 1 aromatic heterocycles. The zero-order chi connectivity index (χ0) is 22.9. The van der Waals surface area contributed by atoms with Crippen LogP contribution in [-0.4, -0.2) is 47.6 Å². The number of piperidine rings is 1. The number of aromatic nitrogens is 1. The predicted molar refractivity (Wildman–Crippen MR) is 128 cm³/mol. The normalized spacial score (nSPS) is 17.1. The van der Waals surface area contributed by atoms with Crippen molar-refractivity contribution in [2.75, 3.05) is 29.4 Å². The van der Waals surface area contributed by atoms with E-state index in [2.05, 4.69) is 15.2 Å². The molecule has 1 fully saturated rings. The molecule has 33 heavy (non-hydrogen) atoms. The smallest absolute Gasteiger partial charge is 0.249 e. The van der Waals surface area contributed by atoms with Gasteiger partial charge < -0.3 is 20.2 Å². The number of carbonyl (C=O) groups excluding carboxylic acids is 2. The fourth-order valence-electron chi connectivity index (χ4n) is 4.86. The van der Waals surface area contributed by atoms with Gasteiger partial charge in [0.2, 0.25) is 11.8 Å². The maximum absolute atomic E-state index is 13.0. The second-order valence-corrected chi connectivity index (χ2v) is 8.88. The van der Waals surface area contributed by atoms with Crippen LogP contribution < -0.4 is 15.1 Å². The van der Waals surface area contributed by atoms with Gasteiger partial charge in [0, 0.05) is 36.6 Å². The van der Waals surface area contributed by atoms with Gasteiger partial charge in [0.15, 0.2) is 0 Å². The van der Waals surface area contributed by atoms with Crippen LogP contribution in [0.15, 0.2) is 54.6 Å². The third-order valence-electron chi connectivity index (χ3n) is 6.76. The number of aromatic hydroxyl groups is 1. The van der Waals surface area contributed by atoms with Crippen molar-refractivity contribution >= 4 is 34.2 Å². The summed E-state index contributed by atoms with van der Waals surface area (Å²) in [6.07, 6.45) is 2.24. The molecule has 170 valence electrons. The molecule has 0 spiro atoms. The van der Waals surface area contributed by atoms with Gasteiger partial charge in [-0.15, -0.1) is 0 Å². The highest BCUT2D eigenvalue weighted by Gasteiger charge is 2.31. The zero-order valence-electron chi connectivity index (χ0n) is 18.7. The van der Waals surface area contributed by atoms with E-state index >= 15 is 0 Å². The van der Waals surface area contributed by atoms with Crippen molar-refractivity contribution in [1.82, 2.24) is 10.3 Å². The second kappa shape index (κ2) is 8.73. The first-order valence-corrected chi connectivity index (χ1v) is 11.5. The van der Waals surface area contributed by atoms with Crippen molar-refractivity contribution in [3.63, 3.8) is 0 Å². The van der Waals surface area contributed by atoms with E-state index in [1.807, 2.05) is 42.5 Å². The Bertz CT molecular complexity index is 1200. The molecule has 5 rings (SSSR count). The molecule has 1 saturated heterocycles. The molecule has 2 N–H and O–H groups in total. The summed E-state index contributed by atoms with van der Waals surface area (Å²) in [7, 11) is 0. The highest BCUT2D eigenvalue weighted by molar-refractivity contribution is 6.00. The summed E-state index contributed by atoms with van der Waals surface area (Å²) in [5.41, 5.74) is 2.71. The van der Waals surface area contributed by atoms with Gasteiger partial charge in [0.1, 0.15) is 23.1 Å². The Morgan fingerprint density at radius 2 is 1.82 bits per heavy atom. The fourth-order valence-corrected chi connectivity index (χ4v) is 4.86. The van der Waals surface area contributed by atoms with Crippen LogP contribution in [0.5, 0.6) is 5.75 Å². The third kappa shape index (κ3) is 4.11. The van der Waals surface area contributed by atoms with Gasteiger partial charge in [-0.2, -0.15) is 0 Å². The summed E-state index contributed by atoms with van der Waals surface area (Å²) >= 11 is 0. The molecule has 1 unspecified atom stereocenters. The number of benzene rings is 2. The third-order valence-corrected chi connectivity index (χ3v) is 6.76. The van der Waals surface area contributed by atoms with Gasteiger partial charge in [0.25, 0.3) is 0 Å². The molecule has 3 heterocycles. The summed E-state index contributed by atoms with van der Waals surface area (Å²) in [5.74, 6) is 0.719. The van der Waals surface area contributed by atoms with Gasteiger partial charge >= 0.3 is 0 Å². The number of hydrogen-bond donors (Lipinski definition) is 2. The number of carbonyl (C=O) groups is 2. The van der Waals surface area contributed by atoms with E-state index in [0.29, 0.717) is 38.0 Å². The maximum atomic E-state index is 13.0. The van der Waals surface area contributed by atoms with Crippen molar-refractivity contribution in [1.29, 1.82) is 0 Å². The van der Waals surface area contributed by atoms with Crippen LogP contribution in [0.2, 0.25) is 0 Å². The minimum absolute atomic E-state index is 0.0629. The van der Waals surface area contributed by atoms with Crippen molar-refractivity contribution in [3.8, 4) is 5.75 Å². The largest absolute Gasteiger partial charge is 0.506 e. The number of nitrogens with one attached hydrogen (secondary N) is 1. The first-order chi connectivity index (χ1) is 16.0. The summed E-state index contributed by atoms with van der Waals surface area (Å²) in [4.78, 5) is 34.4. The Morgan fingerprint density at radius 3 is 2.64 bits per heavy atom. The number of hydrogen-bond acceptors (Lipinski definition) is 5. The van der Waals surface area contributed by atoms with E-state index in [0.717, 1.165) is 23.3 Å². The number of phenolic OH excluding ortho intramolecular Hbond substituents is 1. The van der Waals surface area contributed by atoms with Crippen molar-refractivity contribution in [2.24, 2.45) is 5.92 Å². The SMILES string of the molecule is CC(NC(=O)C1CCN(c2ccc3cccc(O)c3n2)CC1)C(=O)N1CCc2ccccc21. The van der Waals surface area contributed by atoms with Crippen LogP contribution in [0, 0.1) is 5.92 Å². The number of amides is 2. The predicted octanol–water partition coefficient (Wildman–Crippen LogP) is 3.25. The molecule has 2 aliphatic rings. The molecule has 2 aliphatic heterocycles. The first-order valence-electron chi connectivity index (χ1n) is 11.5.